The molecule has 0 amide bonds. The van der Waals surface area contributed by atoms with Gasteiger partial charge in [-0.25, -0.2) is 0 Å². The standard InChI is InChI=1S/C20H30N4O/c1-2-21-20(23-15-17-8-5-10-19(17)25)22-12-6-13-24-14-11-16-7-3-4-9-18(16)24/h3-4,7,9,11,14,17,19,25H,2,5-6,8,10,12-13,15H2,1H3,(H2,21,22,23). The van der Waals surface area contributed by atoms with Crippen LogP contribution in [-0.2, 0) is 6.54 Å². The fraction of sp³-hybridized carbons (Fsp3) is 0.550. The van der Waals surface area contributed by atoms with Gasteiger partial charge in [0.2, 0.25) is 0 Å². The van der Waals surface area contributed by atoms with Gasteiger partial charge in [-0.2, -0.15) is 0 Å². The van der Waals surface area contributed by atoms with Gasteiger partial charge in [0.1, 0.15) is 0 Å². The Balaban J connectivity index is 1.46. The number of aliphatic hydroxyl groups excluding tert-OH is 1. The molecular formula is C20H30N4O. The Morgan fingerprint density at radius 1 is 1.24 bits per heavy atom. The van der Waals surface area contributed by atoms with Gasteiger partial charge in [0.15, 0.2) is 5.96 Å². The maximum Gasteiger partial charge on any atom is 0.191 e. The summed E-state index contributed by atoms with van der Waals surface area (Å²) >= 11 is 0. The predicted octanol–water partition coefficient (Wildman–Crippen LogP) is 2.75. The summed E-state index contributed by atoms with van der Waals surface area (Å²) in [6.07, 6.45) is 6.16. The van der Waals surface area contributed by atoms with Gasteiger partial charge in [0, 0.05) is 43.8 Å². The highest BCUT2D eigenvalue weighted by atomic mass is 16.3. The summed E-state index contributed by atoms with van der Waals surface area (Å²) in [7, 11) is 0. The zero-order valence-electron chi connectivity index (χ0n) is 15.1. The van der Waals surface area contributed by atoms with Crippen LogP contribution in [0.2, 0.25) is 0 Å². The summed E-state index contributed by atoms with van der Waals surface area (Å²) in [5.41, 5.74) is 1.29. The summed E-state index contributed by atoms with van der Waals surface area (Å²) in [6.45, 7) is 5.50. The third-order valence-corrected chi connectivity index (χ3v) is 5.00. The molecule has 136 valence electrons. The molecule has 5 heteroatoms. The number of fused-ring (bicyclic) bond motifs is 1. The lowest BCUT2D eigenvalue weighted by Gasteiger charge is -2.15. The van der Waals surface area contributed by atoms with E-state index in [1.165, 1.54) is 10.9 Å². The normalized spacial score (nSPS) is 21.0. The van der Waals surface area contributed by atoms with Crippen molar-refractivity contribution in [1.29, 1.82) is 0 Å². The SMILES string of the molecule is CCNC(=NCC1CCCC1O)NCCCn1ccc2ccccc21. The van der Waals surface area contributed by atoms with Crippen LogP contribution in [0.25, 0.3) is 10.9 Å². The van der Waals surface area contributed by atoms with Crippen molar-refractivity contribution in [2.24, 2.45) is 10.9 Å². The van der Waals surface area contributed by atoms with Gasteiger partial charge in [0.05, 0.1) is 6.10 Å². The van der Waals surface area contributed by atoms with Crippen LogP contribution in [-0.4, -0.2) is 41.4 Å². The van der Waals surface area contributed by atoms with E-state index in [2.05, 4.69) is 63.6 Å². The summed E-state index contributed by atoms with van der Waals surface area (Å²) in [5, 5.41) is 17.9. The first-order valence-electron chi connectivity index (χ1n) is 9.52. The number of aryl methyl sites for hydroxylation is 1. The lowest BCUT2D eigenvalue weighted by Crippen LogP contribution is -2.38. The second-order valence-electron chi connectivity index (χ2n) is 6.83. The third kappa shape index (κ3) is 4.75. The molecule has 2 atom stereocenters. The summed E-state index contributed by atoms with van der Waals surface area (Å²) in [6, 6.07) is 10.7. The molecule has 1 aromatic carbocycles. The summed E-state index contributed by atoms with van der Waals surface area (Å²) in [5.74, 6) is 1.18. The second kappa shape index (κ2) is 8.90. The van der Waals surface area contributed by atoms with Crippen LogP contribution < -0.4 is 10.6 Å². The first-order valence-corrected chi connectivity index (χ1v) is 9.52. The van der Waals surface area contributed by atoms with E-state index in [-0.39, 0.29) is 6.10 Å². The van der Waals surface area contributed by atoms with E-state index in [1.807, 2.05) is 0 Å². The van der Waals surface area contributed by atoms with Crippen molar-refractivity contribution in [1.82, 2.24) is 15.2 Å². The van der Waals surface area contributed by atoms with Crippen LogP contribution in [0.1, 0.15) is 32.6 Å². The maximum atomic E-state index is 9.93. The van der Waals surface area contributed by atoms with Crippen LogP contribution >= 0.6 is 0 Å². The van der Waals surface area contributed by atoms with Crippen molar-refractivity contribution in [3.63, 3.8) is 0 Å². The van der Waals surface area contributed by atoms with Crippen LogP contribution in [0, 0.1) is 5.92 Å². The number of aromatic nitrogens is 1. The van der Waals surface area contributed by atoms with Crippen molar-refractivity contribution >= 4 is 16.9 Å². The van der Waals surface area contributed by atoms with E-state index in [0.717, 1.165) is 51.3 Å². The molecule has 3 N–H and O–H groups in total. The van der Waals surface area contributed by atoms with E-state index in [4.69, 9.17) is 0 Å². The molecule has 1 fully saturated rings. The summed E-state index contributed by atoms with van der Waals surface area (Å²) < 4.78 is 2.30. The lowest BCUT2D eigenvalue weighted by molar-refractivity contribution is 0.136. The molecule has 3 rings (SSSR count). The van der Waals surface area contributed by atoms with Crippen molar-refractivity contribution in [2.45, 2.75) is 45.3 Å². The smallest absolute Gasteiger partial charge is 0.191 e. The van der Waals surface area contributed by atoms with Gasteiger partial charge in [0.25, 0.3) is 0 Å². The van der Waals surface area contributed by atoms with Crippen molar-refractivity contribution in [2.75, 3.05) is 19.6 Å². The number of para-hydroxylation sites is 1. The van der Waals surface area contributed by atoms with Crippen LogP contribution in [0.3, 0.4) is 0 Å². The molecule has 0 radical (unpaired) electrons. The molecule has 1 aromatic heterocycles. The Bertz CT molecular complexity index is 694. The molecule has 5 nitrogen and oxygen atoms in total. The van der Waals surface area contributed by atoms with Crippen molar-refractivity contribution in [3.05, 3.63) is 36.5 Å². The van der Waals surface area contributed by atoms with Gasteiger partial charge in [-0.05, 0) is 43.7 Å². The number of aliphatic hydroxyl groups is 1. The highest BCUT2D eigenvalue weighted by Crippen LogP contribution is 2.25. The molecule has 0 saturated heterocycles. The molecule has 0 bridgehead atoms. The van der Waals surface area contributed by atoms with E-state index in [9.17, 15) is 5.11 Å². The molecule has 1 aliphatic rings. The molecule has 1 heterocycles. The Morgan fingerprint density at radius 3 is 2.92 bits per heavy atom. The Morgan fingerprint density at radius 2 is 2.12 bits per heavy atom. The number of nitrogens with zero attached hydrogens (tertiary/aromatic N) is 2. The molecule has 2 unspecified atom stereocenters. The lowest BCUT2D eigenvalue weighted by atomic mass is 10.1. The molecule has 1 aliphatic carbocycles. The number of hydrogen-bond acceptors (Lipinski definition) is 2. The minimum Gasteiger partial charge on any atom is -0.393 e. The van der Waals surface area contributed by atoms with Gasteiger partial charge in [-0.3, -0.25) is 4.99 Å². The first-order chi connectivity index (χ1) is 12.3. The number of nitrogens with one attached hydrogen (secondary N) is 2. The van der Waals surface area contributed by atoms with E-state index < -0.39 is 0 Å². The van der Waals surface area contributed by atoms with Crippen LogP contribution in [0.4, 0.5) is 0 Å². The quantitative estimate of drug-likeness (QED) is 0.412. The molecule has 2 aromatic rings. The molecular weight excluding hydrogens is 312 g/mol. The van der Waals surface area contributed by atoms with Crippen molar-refractivity contribution < 1.29 is 5.11 Å². The average molecular weight is 342 g/mol. The highest BCUT2D eigenvalue weighted by molar-refractivity contribution is 5.80. The van der Waals surface area contributed by atoms with Gasteiger partial charge >= 0.3 is 0 Å². The minimum atomic E-state index is -0.173. The fourth-order valence-corrected chi connectivity index (χ4v) is 3.57. The maximum absolute atomic E-state index is 9.93. The zero-order chi connectivity index (χ0) is 17.5. The van der Waals surface area contributed by atoms with Gasteiger partial charge < -0.3 is 20.3 Å². The number of guanidine groups is 1. The molecule has 25 heavy (non-hydrogen) atoms. The average Bonchev–Trinajstić information content (AvgIpc) is 3.22. The van der Waals surface area contributed by atoms with E-state index >= 15 is 0 Å². The van der Waals surface area contributed by atoms with E-state index in [0.29, 0.717) is 12.5 Å². The highest BCUT2D eigenvalue weighted by Gasteiger charge is 2.24. The van der Waals surface area contributed by atoms with Crippen LogP contribution in [0.15, 0.2) is 41.5 Å². The third-order valence-electron chi connectivity index (χ3n) is 5.00. The monoisotopic (exact) mass is 342 g/mol. The molecule has 1 saturated carbocycles. The van der Waals surface area contributed by atoms with E-state index in [1.54, 1.807) is 0 Å². The topological polar surface area (TPSA) is 61.6 Å². The Labute approximate surface area is 150 Å². The zero-order valence-corrected chi connectivity index (χ0v) is 15.1. The van der Waals surface area contributed by atoms with Gasteiger partial charge in [-0.15, -0.1) is 0 Å². The van der Waals surface area contributed by atoms with Crippen LogP contribution in [0.5, 0.6) is 0 Å². The van der Waals surface area contributed by atoms with Crippen molar-refractivity contribution in [3.8, 4) is 0 Å². The minimum absolute atomic E-state index is 0.173. The number of hydrogen-bond donors (Lipinski definition) is 3. The molecule has 0 spiro atoms. The fourth-order valence-electron chi connectivity index (χ4n) is 3.57. The summed E-state index contributed by atoms with van der Waals surface area (Å²) in [4.78, 5) is 4.66. The number of aliphatic imine (C=N–C) groups is 1. The Hall–Kier alpha value is -2.01. The van der Waals surface area contributed by atoms with Gasteiger partial charge in [-0.1, -0.05) is 24.6 Å². The molecule has 0 aliphatic heterocycles. The largest absolute Gasteiger partial charge is 0.393 e. The Kier molecular flexibility index (Phi) is 6.34. The second-order valence-corrected chi connectivity index (χ2v) is 6.83. The number of rotatable bonds is 7. The first kappa shape index (κ1) is 17.8. The number of benzene rings is 1. The predicted molar refractivity (Wildman–Crippen MR) is 104 cm³/mol.